The lowest BCUT2D eigenvalue weighted by atomic mass is 9.85. The maximum Gasteiger partial charge on any atom is 0.341 e. The van der Waals surface area contributed by atoms with Gasteiger partial charge in [0, 0.05) is 5.39 Å². The summed E-state index contributed by atoms with van der Waals surface area (Å²) in [6, 6.07) is 7.63. The zero-order valence-corrected chi connectivity index (χ0v) is 12.2. The summed E-state index contributed by atoms with van der Waals surface area (Å²) in [5, 5.41) is 1.06. The normalized spacial score (nSPS) is 11.6. The van der Waals surface area contributed by atoms with Crippen molar-refractivity contribution in [2.24, 2.45) is 0 Å². The molecule has 3 nitrogen and oxygen atoms in total. The molecule has 0 amide bonds. The van der Waals surface area contributed by atoms with Gasteiger partial charge in [-0.05, 0) is 17.0 Å². The molecule has 0 saturated carbocycles. The highest BCUT2D eigenvalue weighted by molar-refractivity contribution is 6.33. The van der Waals surface area contributed by atoms with Crippen molar-refractivity contribution in [3.8, 4) is 0 Å². The number of ether oxygens (including phenoxy) is 1. The van der Waals surface area contributed by atoms with Gasteiger partial charge in [-0.15, -0.1) is 0 Å². The lowest BCUT2D eigenvalue weighted by Gasteiger charge is -2.20. The minimum absolute atomic E-state index is 0.0391. The van der Waals surface area contributed by atoms with Gasteiger partial charge in [0.1, 0.15) is 5.15 Å². The van der Waals surface area contributed by atoms with Crippen LogP contribution in [-0.2, 0) is 10.2 Å². The molecule has 4 heteroatoms. The minimum atomic E-state index is -0.472. The number of fused-ring (bicyclic) bond motifs is 1. The number of methoxy groups -OCH3 is 1. The second-order valence-electron chi connectivity index (χ2n) is 5.45. The lowest BCUT2D eigenvalue weighted by molar-refractivity contribution is 0.0600. The Morgan fingerprint density at radius 2 is 2.00 bits per heavy atom. The number of rotatable bonds is 1. The zero-order valence-electron chi connectivity index (χ0n) is 11.5. The van der Waals surface area contributed by atoms with Gasteiger partial charge in [0.15, 0.2) is 0 Å². The SMILES string of the molecule is COC(=O)c1cc2cccc(C(C)(C)C)c2nc1Cl. The third kappa shape index (κ3) is 2.56. The van der Waals surface area contributed by atoms with Crippen LogP contribution >= 0.6 is 11.6 Å². The Kier molecular flexibility index (Phi) is 3.50. The third-order valence-corrected chi connectivity index (χ3v) is 3.30. The number of halogens is 1. The van der Waals surface area contributed by atoms with E-state index in [1.54, 1.807) is 6.07 Å². The van der Waals surface area contributed by atoms with Crippen molar-refractivity contribution < 1.29 is 9.53 Å². The fourth-order valence-electron chi connectivity index (χ4n) is 2.03. The van der Waals surface area contributed by atoms with Gasteiger partial charge in [-0.25, -0.2) is 9.78 Å². The van der Waals surface area contributed by atoms with Gasteiger partial charge in [0.25, 0.3) is 0 Å². The molecule has 0 bridgehead atoms. The largest absolute Gasteiger partial charge is 0.465 e. The van der Waals surface area contributed by atoms with E-state index >= 15 is 0 Å². The van der Waals surface area contributed by atoms with Gasteiger partial charge in [-0.1, -0.05) is 50.6 Å². The molecule has 0 aliphatic rings. The Labute approximate surface area is 117 Å². The summed E-state index contributed by atoms with van der Waals surface area (Å²) < 4.78 is 4.70. The number of carbonyl (C=O) groups excluding carboxylic acids is 1. The molecule has 0 aliphatic carbocycles. The van der Waals surface area contributed by atoms with E-state index in [1.165, 1.54) is 7.11 Å². The first-order valence-electron chi connectivity index (χ1n) is 6.02. The first kappa shape index (κ1) is 13.8. The van der Waals surface area contributed by atoms with E-state index in [2.05, 4.69) is 25.8 Å². The molecule has 1 heterocycles. The monoisotopic (exact) mass is 277 g/mol. The molecule has 0 saturated heterocycles. The van der Waals surface area contributed by atoms with Gasteiger partial charge < -0.3 is 4.74 Å². The quantitative estimate of drug-likeness (QED) is 0.585. The first-order valence-corrected chi connectivity index (χ1v) is 6.40. The number of aromatic nitrogens is 1. The van der Waals surface area contributed by atoms with Crippen LogP contribution in [-0.4, -0.2) is 18.1 Å². The highest BCUT2D eigenvalue weighted by atomic mass is 35.5. The molecular formula is C15H16ClNO2. The second kappa shape index (κ2) is 4.82. The number of pyridine rings is 1. The standard InChI is InChI=1S/C15H16ClNO2/c1-15(2,3)11-7-5-6-9-8-10(14(18)19-4)13(16)17-12(9)11/h5-8H,1-4H3. The van der Waals surface area contributed by atoms with E-state index in [9.17, 15) is 4.79 Å². The van der Waals surface area contributed by atoms with Gasteiger partial charge in [0.2, 0.25) is 0 Å². The van der Waals surface area contributed by atoms with Crippen molar-refractivity contribution in [3.05, 3.63) is 40.5 Å². The minimum Gasteiger partial charge on any atom is -0.465 e. The maximum atomic E-state index is 11.6. The summed E-state index contributed by atoms with van der Waals surface area (Å²) in [4.78, 5) is 16.0. The average molecular weight is 278 g/mol. The van der Waals surface area contributed by atoms with Crippen molar-refractivity contribution in [3.63, 3.8) is 0 Å². The van der Waals surface area contributed by atoms with Gasteiger partial charge in [-0.2, -0.15) is 0 Å². The van der Waals surface area contributed by atoms with Crippen LogP contribution in [0, 0.1) is 0 Å². The van der Waals surface area contributed by atoms with Crippen molar-refractivity contribution in [1.29, 1.82) is 0 Å². The van der Waals surface area contributed by atoms with E-state index in [1.807, 2.05) is 18.2 Å². The Balaban J connectivity index is 2.74. The number of esters is 1. The molecular weight excluding hydrogens is 262 g/mol. The molecule has 19 heavy (non-hydrogen) atoms. The fraction of sp³-hybridized carbons (Fsp3) is 0.333. The number of hydrogen-bond donors (Lipinski definition) is 0. The molecule has 2 rings (SSSR count). The third-order valence-electron chi connectivity index (χ3n) is 3.01. The van der Waals surface area contributed by atoms with Crippen LogP contribution in [0.4, 0.5) is 0 Å². The van der Waals surface area contributed by atoms with Crippen molar-refractivity contribution in [2.75, 3.05) is 7.11 Å². The topological polar surface area (TPSA) is 39.2 Å². The molecule has 1 aromatic heterocycles. The fourth-order valence-corrected chi connectivity index (χ4v) is 2.25. The average Bonchev–Trinajstić information content (AvgIpc) is 2.35. The predicted octanol–water partition coefficient (Wildman–Crippen LogP) is 3.97. The van der Waals surface area contributed by atoms with Crippen molar-refractivity contribution >= 4 is 28.5 Å². The summed E-state index contributed by atoms with van der Waals surface area (Å²) in [6.07, 6.45) is 0. The summed E-state index contributed by atoms with van der Waals surface area (Å²) in [5.74, 6) is -0.472. The predicted molar refractivity (Wildman–Crippen MR) is 76.8 cm³/mol. The Morgan fingerprint density at radius 1 is 1.32 bits per heavy atom. The number of carbonyl (C=O) groups is 1. The van der Waals surface area contributed by atoms with Crippen molar-refractivity contribution in [1.82, 2.24) is 4.98 Å². The number of benzene rings is 1. The Bertz CT molecular complexity index is 644. The van der Waals surface area contributed by atoms with E-state index in [0.717, 1.165) is 16.5 Å². The van der Waals surface area contributed by atoms with E-state index in [4.69, 9.17) is 16.3 Å². The molecule has 100 valence electrons. The van der Waals surface area contributed by atoms with E-state index in [0.29, 0.717) is 5.56 Å². The Hall–Kier alpha value is -1.61. The van der Waals surface area contributed by atoms with E-state index < -0.39 is 5.97 Å². The highest BCUT2D eigenvalue weighted by Crippen LogP contribution is 2.31. The molecule has 0 spiro atoms. The summed E-state index contributed by atoms with van der Waals surface area (Å²) in [5.41, 5.74) is 2.18. The zero-order chi connectivity index (χ0) is 14.2. The molecule has 1 aromatic carbocycles. The molecule has 0 radical (unpaired) electrons. The first-order chi connectivity index (χ1) is 8.84. The van der Waals surface area contributed by atoms with Gasteiger partial charge >= 0.3 is 5.97 Å². The lowest BCUT2D eigenvalue weighted by Crippen LogP contribution is -2.13. The van der Waals surface area contributed by atoms with Crippen LogP contribution in [0.25, 0.3) is 10.9 Å². The van der Waals surface area contributed by atoms with E-state index in [-0.39, 0.29) is 10.6 Å². The highest BCUT2D eigenvalue weighted by Gasteiger charge is 2.20. The summed E-state index contributed by atoms with van der Waals surface area (Å²) in [6.45, 7) is 6.35. The van der Waals surface area contributed by atoms with Crippen LogP contribution in [0.1, 0.15) is 36.7 Å². The number of hydrogen-bond acceptors (Lipinski definition) is 3. The smallest absolute Gasteiger partial charge is 0.341 e. The molecule has 2 aromatic rings. The number of nitrogens with zero attached hydrogens (tertiary/aromatic N) is 1. The molecule has 0 N–H and O–H groups in total. The van der Waals surface area contributed by atoms with Crippen molar-refractivity contribution in [2.45, 2.75) is 26.2 Å². The molecule has 0 atom stereocenters. The molecule has 0 unspecified atom stereocenters. The van der Waals surface area contributed by atoms with Gasteiger partial charge in [0.05, 0.1) is 18.2 Å². The summed E-state index contributed by atoms with van der Waals surface area (Å²) >= 11 is 6.09. The van der Waals surface area contributed by atoms with Crippen LogP contribution in [0.5, 0.6) is 0 Å². The molecule has 0 fully saturated rings. The number of para-hydroxylation sites is 1. The van der Waals surface area contributed by atoms with Crippen LogP contribution in [0.3, 0.4) is 0 Å². The second-order valence-corrected chi connectivity index (χ2v) is 5.80. The maximum absolute atomic E-state index is 11.6. The van der Waals surface area contributed by atoms with Crippen LogP contribution in [0.2, 0.25) is 5.15 Å². The molecule has 0 aliphatic heterocycles. The summed E-state index contributed by atoms with van der Waals surface area (Å²) in [7, 11) is 1.33. The van der Waals surface area contributed by atoms with Crippen LogP contribution in [0.15, 0.2) is 24.3 Å². The van der Waals surface area contributed by atoms with Crippen LogP contribution < -0.4 is 0 Å². The van der Waals surface area contributed by atoms with Gasteiger partial charge in [-0.3, -0.25) is 0 Å². The Morgan fingerprint density at radius 3 is 2.58 bits per heavy atom.